The van der Waals surface area contributed by atoms with Crippen molar-refractivity contribution in [3.63, 3.8) is 0 Å². The maximum Gasteiger partial charge on any atom is 0.224 e. The molecule has 0 bridgehead atoms. The molecule has 0 amide bonds. The quantitative estimate of drug-likeness (QED) is 0.146. The van der Waals surface area contributed by atoms with Gasteiger partial charge in [0, 0.05) is 0 Å². The molecule has 34 heavy (non-hydrogen) atoms. The van der Waals surface area contributed by atoms with Crippen molar-refractivity contribution in [1.29, 1.82) is 0 Å². The van der Waals surface area contributed by atoms with E-state index in [-0.39, 0.29) is 0 Å². The summed E-state index contributed by atoms with van der Waals surface area (Å²) >= 11 is 0. The predicted molar refractivity (Wildman–Crippen MR) is 101 cm³/mol. The second kappa shape index (κ2) is 11.2. The highest BCUT2D eigenvalue weighted by molar-refractivity contribution is 5.01. The van der Waals surface area contributed by atoms with Gasteiger partial charge in [0.25, 0.3) is 0 Å². The maximum atomic E-state index is 10.6. The van der Waals surface area contributed by atoms with Crippen LogP contribution in [0.3, 0.4) is 0 Å². The molecule has 3 aliphatic heterocycles. The van der Waals surface area contributed by atoms with E-state index < -0.39 is 112 Å². The Hall–Kier alpha value is -0.640. The van der Waals surface area contributed by atoms with Gasteiger partial charge >= 0.3 is 0 Å². The van der Waals surface area contributed by atoms with Gasteiger partial charge in [-0.05, 0) is 0 Å². The van der Waals surface area contributed by atoms with Crippen LogP contribution < -0.4 is 0 Å². The van der Waals surface area contributed by atoms with Gasteiger partial charge in [-0.1, -0.05) is 0 Å². The van der Waals surface area contributed by atoms with Gasteiger partial charge in [-0.15, -0.1) is 0 Å². The zero-order valence-corrected chi connectivity index (χ0v) is 17.8. The molecule has 14 atom stereocenters. The Morgan fingerprint density at radius 1 is 0.559 bits per heavy atom. The monoisotopic (exact) mass is 504 g/mol. The maximum absolute atomic E-state index is 10.6. The fourth-order valence-electron chi connectivity index (χ4n) is 4.12. The highest BCUT2D eigenvalue weighted by Gasteiger charge is 2.61. The summed E-state index contributed by atoms with van der Waals surface area (Å²) in [5.74, 6) is -2.43. The minimum Gasteiger partial charge on any atom is -0.394 e. The number of hydrogen-bond acceptors (Lipinski definition) is 16. The Morgan fingerprint density at radius 2 is 1.03 bits per heavy atom. The Labute approximate surface area is 192 Å². The molecule has 16 heteroatoms. The molecular formula is C18H32O16. The summed E-state index contributed by atoms with van der Waals surface area (Å²) in [5.41, 5.74) is 0. The number of aliphatic hydroxyl groups excluding tert-OH is 11. The minimum absolute atomic E-state index is 0.777. The Kier molecular flexibility index (Phi) is 9.18. The summed E-state index contributed by atoms with van der Waals surface area (Å²) in [7, 11) is 0. The van der Waals surface area contributed by atoms with Crippen molar-refractivity contribution < 1.29 is 79.9 Å². The van der Waals surface area contributed by atoms with Crippen LogP contribution in [0.4, 0.5) is 0 Å². The van der Waals surface area contributed by atoms with Crippen molar-refractivity contribution in [2.75, 3.05) is 26.4 Å². The van der Waals surface area contributed by atoms with Crippen molar-refractivity contribution in [2.45, 2.75) is 85.5 Å². The standard InChI is InChI=1S/C18H32O16/c19-1-5-8(23)11(26)13(28)16(30-5)32-15-10(25)7(3-21)33-18(15,4-22)34-17-14(29)12(27)9(24)6(2-20)31-17/h5-17,19-29H,1-4H2/t5-,6-,7-,8-,9-,10-,11+,12+,13-,14-,15+,16-,17+,18+/m1/s1. The Bertz CT molecular complexity index is 651. The second-order valence-electron chi connectivity index (χ2n) is 8.37. The molecule has 0 saturated carbocycles. The smallest absolute Gasteiger partial charge is 0.224 e. The van der Waals surface area contributed by atoms with Gasteiger partial charge in [-0.3, -0.25) is 0 Å². The highest BCUT2D eigenvalue weighted by atomic mass is 16.8. The lowest BCUT2D eigenvalue weighted by Crippen LogP contribution is -2.64. The van der Waals surface area contributed by atoms with Crippen LogP contribution in [-0.4, -0.2) is 168 Å². The van der Waals surface area contributed by atoms with E-state index in [1.807, 2.05) is 0 Å². The van der Waals surface area contributed by atoms with Crippen LogP contribution in [0.5, 0.6) is 0 Å². The SMILES string of the molecule is OC[C@H]1O[C@@](CO)(O[C@@H]2O[C@H](CO)[C@@H](O)[C@H](O)[C@H]2O)[C@@H](O[C@H]2O[C@H](CO)[C@@H](O)[C@H](O)[C@H]2O)[C@@H]1O. The third-order valence-electron chi connectivity index (χ3n) is 6.17. The van der Waals surface area contributed by atoms with Gasteiger partial charge in [0.1, 0.15) is 73.8 Å². The number of rotatable bonds is 8. The number of ether oxygens (including phenoxy) is 5. The molecular weight excluding hydrogens is 472 g/mol. The normalized spacial score (nSPS) is 52.1. The van der Waals surface area contributed by atoms with E-state index in [2.05, 4.69) is 0 Å². The Balaban J connectivity index is 1.87. The zero-order chi connectivity index (χ0) is 25.4. The largest absolute Gasteiger partial charge is 0.394 e. The molecule has 0 aliphatic carbocycles. The average molecular weight is 504 g/mol. The van der Waals surface area contributed by atoms with Crippen LogP contribution in [0.2, 0.25) is 0 Å². The summed E-state index contributed by atoms with van der Waals surface area (Å²) in [6.45, 7) is -3.49. The molecule has 200 valence electrons. The molecule has 0 aromatic rings. The first-order chi connectivity index (χ1) is 16.0. The van der Waals surface area contributed by atoms with Crippen LogP contribution in [0.1, 0.15) is 0 Å². The van der Waals surface area contributed by atoms with Gasteiger partial charge in [0.2, 0.25) is 5.79 Å². The lowest BCUT2D eigenvalue weighted by molar-refractivity contribution is -0.400. The third-order valence-corrected chi connectivity index (χ3v) is 6.17. The zero-order valence-electron chi connectivity index (χ0n) is 17.8. The van der Waals surface area contributed by atoms with Gasteiger partial charge in [-0.2, -0.15) is 0 Å². The van der Waals surface area contributed by atoms with Gasteiger partial charge in [-0.25, -0.2) is 0 Å². The van der Waals surface area contributed by atoms with Crippen molar-refractivity contribution in [1.82, 2.24) is 0 Å². The lowest BCUT2D eigenvalue weighted by Gasteiger charge is -2.45. The molecule has 3 aliphatic rings. The van der Waals surface area contributed by atoms with Crippen LogP contribution in [0.15, 0.2) is 0 Å². The summed E-state index contributed by atoms with van der Waals surface area (Å²) < 4.78 is 27.0. The van der Waals surface area contributed by atoms with E-state index in [0.717, 1.165) is 0 Å². The molecule has 16 nitrogen and oxygen atoms in total. The summed E-state index contributed by atoms with van der Waals surface area (Å²) in [4.78, 5) is 0. The summed E-state index contributed by atoms with van der Waals surface area (Å²) in [6.07, 6.45) is -22.3. The second-order valence-corrected chi connectivity index (χ2v) is 8.37. The van der Waals surface area contributed by atoms with Crippen LogP contribution in [-0.2, 0) is 23.7 Å². The van der Waals surface area contributed by atoms with Gasteiger partial charge in [0.05, 0.1) is 19.8 Å². The van der Waals surface area contributed by atoms with Crippen LogP contribution >= 0.6 is 0 Å². The molecule has 11 N–H and O–H groups in total. The number of hydrogen-bond donors (Lipinski definition) is 11. The first kappa shape index (κ1) is 27.9. The van der Waals surface area contributed by atoms with E-state index >= 15 is 0 Å². The van der Waals surface area contributed by atoms with Crippen molar-refractivity contribution in [3.05, 3.63) is 0 Å². The summed E-state index contributed by atoms with van der Waals surface area (Å²) in [5, 5.41) is 109. The topological polar surface area (TPSA) is 269 Å². The first-order valence-electron chi connectivity index (χ1n) is 10.6. The van der Waals surface area contributed by atoms with Crippen LogP contribution in [0, 0.1) is 0 Å². The van der Waals surface area contributed by atoms with Crippen molar-refractivity contribution in [2.24, 2.45) is 0 Å². The van der Waals surface area contributed by atoms with E-state index in [1.165, 1.54) is 0 Å². The van der Waals surface area contributed by atoms with Crippen LogP contribution in [0.25, 0.3) is 0 Å². The van der Waals surface area contributed by atoms with Crippen molar-refractivity contribution in [3.8, 4) is 0 Å². The molecule has 0 aromatic heterocycles. The third kappa shape index (κ3) is 4.96. The molecule has 3 heterocycles. The molecule has 0 spiro atoms. The fourth-order valence-corrected chi connectivity index (χ4v) is 4.12. The molecule has 3 fully saturated rings. The fraction of sp³-hybridized carbons (Fsp3) is 1.00. The minimum atomic E-state index is -2.43. The highest BCUT2D eigenvalue weighted by Crippen LogP contribution is 2.39. The van der Waals surface area contributed by atoms with Gasteiger partial charge < -0.3 is 79.9 Å². The average Bonchev–Trinajstić information content (AvgIpc) is 3.10. The molecule has 0 unspecified atom stereocenters. The number of aliphatic hydroxyl groups is 11. The molecule has 3 saturated heterocycles. The van der Waals surface area contributed by atoms with E-state index in [4.69, 9.17) is 23.7 Å². The van der Waals surface area contributed by atoms with Gasteiger partial charge in [0.15, 0.2) is 12.6 Å². The molecule has 0 aromatic carbocycles. The Morgan fingerprint density at radius 3 is 1.50 bits per heavy atom. The van der Waals surface area contributed by atoms with E-state index in [0.29, 0.717) is 0 Å². The van der Waals surface area contributed by atoms with Crippen molar-refractivity contribution >= 4 is 0 Å². The first-order valence-corrected chi connectivity index (χ1v) is 10.6. The molecule has 3 rings (SSSR count). The van der Waals surface area contributed by atoms with E-state index in [1.54, 1.807) is 0 Å². The lowest BCUT2D eigenvalue weighted by atomic mass is 9.98. The predicted octanol–water partition coefficient (Wildman–Crippen LogP) is -7.57. The molecule has 0 radical (unpaired) electrons. The summed E-state index contributed by atoms with van der Waals surface area (Å²) in [6, 6.07) is 0. The van der Waals surface area contributed by atoms with E-state index in [9.17, 15) is 56.2 Å².